The number of hydrogen-bond donors (Lipinski definition) is 0. The van der Waals surface area contributed by atoms with Crippen LogP contribution in [0.2, 0.25) is 0 Å². The molecule has 14 aromatic carbocycles. The molecule has 117 heavy (non-hydrogen) atoms. The Labute approximate surface area is 672 Å². The quantitative estimate of drug-likeness (QED) is 0.0883. The molecule has 0 N–H and O–H groups in total. The molecule has 0 spiro atoms. The van der Waals surface area contributed by atoms with Crippen LogP contribution in [0.4, 0.5) is 38.8 Å². The number of hydrogen-bond acceptors (Lipinski definition) is 17. The molecule has 0 atom stereocenters. The SMILES string of the molecule is Fc1ccc(-c2nc(-c3ccccc3)nc(-c3ccccc3)n2)cc1-c1nc(-c2ccccc2)nc(-c2ccccc2)n1.c1ccc(-c2nc(-c3ccccc3)nc(-c3ccc(N4c5ccccc5N(c5nc(-c6ccccc6)nc(-c6ccccc6)n5)c5ccccc54)c(-c4nc(-c5ccccc5)nc(-c5ccccc5)n4)c3)n2)cc1. The maximum Gasteiger partial charge on any atom is 0.238 e. The van der Waals surface area contributed by atoms with Gasteiger partial charge in [0.1, 0.15) is 5.82 Å². The summed E-state index contributed by atoms with van der Waals surface area (Å²) in [6, 6.07) is 126. The molecule has 1 aliphatic rings. The Morgan fingerprint density at radius 1 is 0.145 bits per heavy atom. The average Bonchev–Trinajstić information content (AvgIpc) is 0.724. The highest BCUT2D eigenvalue weighted by atomic mass is 19.1. The minimum Gasteiger partial charge on any atom is -0.306 e. The number of halogens is 1. The first-order chi connectivity index (χ1) is 57.9. The minimum atomic E-state index is -0.464. The molecule has 0 fully saturated rings. The highest BCUT2D eigenvalue weighted by molar-refractivity contribution is 6.03. The lowest BCUT2D eigenvalue weighted by molar-refractivity contribution is 0.630. The maximum atomic E-state index is 15.6. The van der Waals surface area contributed by atoms with Gasteiger partial charge in [-0.05, 0) is 60.7 Å². The second-order valence-electron chi connectivity index (χ2n) is 27.2. The fourth-order valence-corrected chi connectivity index (χ4v) is 13.9. The van der Waals surface area contributed by atoms with Gasteiger partial charge in [-0.15, -0.1) is 0 Å². The van der Waals surface area contributed by atoms with E-state index < -0.39 is 5.82 Å². The number of para-hydroxylation sites is 4. The lowest BCUT2D eigenvalue weighted by atomic mass is 10.0. The van der Waals surface area contributed by atoms with Crippen LogP contribution >= 0.6 is 0 Å². The van der Waals surface area contributed by atoms with Crippen molar-refractivity contribution in [2.24, 2.45) is 0 Å². The average molecular weight is 1510 g/mol. The zero-order chi connectivity index (χ0) is 78.2. The van der Waals surface area contributed by atoms with Gasteiger partial charge in [0.05, 0.1) is 34.0 Å². The molecule has 20 rings (SSSR count). The van der Waals surface area contributed by atoms with Crippen LogP contribution in [0.1, 0.15) is 0 Å². The van der Waals surface area contributed by atoms with Crippen molar-refractivity contribution in [1.82, 2.24) is 74.8 Å². The van der Waals surface area contributed by atoms with Crippen LogP contribution in [0.5, 0.6) is 0 Å². The van der Waals surface area contributed by atoms with E-state index in [2.05, 4.69) is 64.4 Å². The van der Waals surface area contributed by atoms with E-state index in [-0.39, 0.29) is 11.4 Å². The number of rotatable bonds is 16. The van der Waals surface area contributed by atoms with Gasteiger partial charge in [-0.25, -0.2) is 69.2 Å². The van der Waals surface area contributed by atoms with Gasteiger partial charge < -0.3 is 4.90 Å². The molecule has 1 aliphatic heterocycles. The molecule has 0 aliphatic carbocycles. The van der Waals surface area contributed by atoms with Crippen molar-refractivity contribution in [3.05, 3.63) is 394 Å². The van der Waals surface area contributed by atoms with E-state index in [0.717, 1.165) is 95.2 Å². The Kier molecular flexibility index (Phi) is 19.5. The van der Waals surface area contributed by atoms with Crippen molar-refractivity contribution in [2.45, 2.75) is 0 Å². The van der Waals surface area contributed by atoms with Crippen LogP contribution in [-0.2, 0) is 0 Å². The third-order valence-corrected chi connectivity index (χ3v) is 19.6. The Morgan fingerprint density at radius 2 is 0.333 bits per heavy atom. The molecular formula is C99H64FN17. The number of fused-ring (bicyclic) bond motifs is 2. The van der Waals surface area contributed by atoms with Gasteiger partial charge in [-0.3, -0.25) is 4.90 Å². The Bertz CT molecular complexity index is 6420. The van der Waals surface area contributed by atoms with E-state index in [0.29, 0.717) is 87.2 Å². The van der Waals surface area contributed by atoms with E-state index in [4.69, 9.17) is 74.8 Å². The van der Waals surface area contributed by atoms with Gasteiger partial charge in [0.15, 0.2) is 81.5 Å². The second kappa shape index (κ2) is 32.2. The second-order valence-corrected chi connectivity index (χ2v) is 27.2. The van der Waals surface area contributed by atoms with Crippen molar-refractivity contribution < 1.29 is 4.39 Å². The van der Waals surface area contributed by atoms with E-state index in [9.17, 15) is 0 Å². The molecule has 0 amide bonds. The van der Waals surface area contributed by atoms with Crippen molar-refractivity contribution >= 4 is 34.4 Å². The number of nitrogens with zero attached hydrogens (tertiary/aromatic N) is 17. The van der Waals surface area contributed by atoms with Crippen LogP contribution in [0.15, 0.2) is 388 Å². The van der Waals surface area contributed by atoms with E-state index >= 15 is 4.39 Å². The van der Waals surface area contributed by atoms with Gasteiger partial charge in [-0.1, -0.05) is 328 Å². The summed E-state index contributed by atoms with van der Waals surface area (Å²) in [5.41, 5.74) is 15.1. The largest absolute Gasteiger partial charge is 0.306 e. The summed E-state index contributed by atoms with van der Waals surface area (Å²) in [7, 11) is 0. The van der Waals surface area contributed by atoms with E-state index in [1.165, 1.54) is 6.07 Å². The highest BCUT2D eigenvalue weighted by Crippen LogP contribution is 2.55. The van der Waals surface area contributed by atoms with Crippen molar-refractivity contribution in [3.8, 4) is 159 Å². The summed E-state index contributed by atoms with van der Waals surface area (Å²) >= 11 is 0. The topological polar surface area (TPSA) is 200 Å². The van der Waals surface area contributed by atoms with Gasteiger partial charge in [-0.2, -0.15) is 9.97 Å². The molecule has 18 heteroatoms. The van der Waals surface area contributed by atoms with Gasteiger partial charge in [0.2, 0.25) is 5.95 Å². The summed E-state index contributed by atoms with van der Waals surface area (Å²) in [6.07, 6.45) is 0. The molecule has 6 heterocycles. The molecule has 0 saturated carbocycles. The maximum absolute atomic E-state index is 15.6. The first kappa shape index (κ1) is 71.0. The number of anilines is 6. The lowest BCUT2D eigenvalue weighted by Gasteiger charge is -2.39. The summed E-state index contributed by atoms with van der Waals surface area (Å²) in [5, 5.41) is 0. The van der Waals surface area contributed by atoms with Crippen LogP contribution in [0, 0.1) is 5.82 Å². The minimum absolute atomic E-state index is 0.215. The smallest absolute Gasteiger partial charge is 0.238 e. The first-order valence-corrected chi connectivity index (χ1v) is 38.0. The molecule has 0 saturated heterocycles. The van der Waals surface area contributed by atoms with Gasteiger partial charge >= 0.3 is 0 Å². The zero-order valence-corrected chi connectivity index (χ0v) is 62.4. The van der Waals surface area contributed by atoms with Gasteiger partial charge in [0, 0.05) is 72.3 Å². The standard InChI is InChI=1S/C63H41N11.C36H23FN6/c1-7-23-42(24-8-1)55-64-56(43-25-9-2-10-26-43)67-61(66-55)48-39-40-50(49(41-48)62-69-57(44-27-11-3-12-28-44)65-58(70-62)45-29-13-4-14-30-45)73-51-35-19-21-37-53(51)74(54-38-22-20-36-52(54)73)63-71-59(46-31-15-5-16-32-46)68-60(72-63)47-33-17-6-18-34-47;37-30-22-21-28(35-40-31(24-13-5-1-6-14-24)38-32(41-35)25-15-7-2-8-16-25)23-29(30)36-42-33(26-17-9-3-10-18-26)39-34(43-36)27-19-11-4-12-20-27/h1-41H;1-23H. The van der Waals surface area contributed by atoms with Crippen molar-refractivity contribution in [3.63, 3.8) is 0 Å². The lowest BCUT2D eigenvalue weighted by Crippen LogP contribution is -2.26. The van der Waals surface area contributed by atoms with E-state index in [1.807, 2.05) is 315 Å². The molecule has 0 bridgehead atoms. The molecule has 19 aromatic rings. The van der Waals surface area contributed by atoms with Crippen molar-refractivity contribution in [2.75, 3.05) is 9.80 Å². The molecule has 5 aromatic heterocycles. The van der Waals surface area contributed by atoms with Crippen LogP contribution in [0.3, 0.4) is 0 Å². The zero-order valence-electron chi connectivity index (χ0n) is 62.4. The van der Waals surface area contributed by atoms with Gasteiger partial charge in [0.25, 0.3) is 0 Å². The summed E-state index contributed by atoms with van der Waals surface area (Å²) < 4.78 is 15.6. The summed E-state index contributed by atoms with van der Waals surface area (Å²) in [4.78, 5) is 79.5. The molecule has 552 valence electrons. The Hall–Kier alpha value is -16.3. The predicted octanol–water partition coefficient (Wildman–Crippen LogP) is 23.0. The Morgan fingerprint density at radius 3 is 0.590 bits per heavy atom. The normalized spacial score (nSPS) is 11.4. The van der Waals surface area contributed by atoms with Crippen molar-refractivity contribution in [1.29, 1.82) is 0 Å². The molecule has 17 nitrogen and oxygen atoms in total. The van der Waals surface area contributed by atoms with E-state index in [1.54, 1.807) is 12.1 Å². The molecule has 0 radical (unpaired) electrons. The third-order valence-electron chi connectivity index (χ3n) is 19.6. The van der Waals surface area contributed by atoms with Crippen LogP contribution in [-0.4, -0.2) is 74.8 Å². The van der Waals surface area contributed by atoms with Crippen LogP contribution < -0.4 is 9.80 Å². The first-order valence-electron chi connectivity index (χ1n) is 38.0. The van der Waals surface area contributed by atoms with Crippen LogP contribution in [0.25, 0.3) is 159 Å². The monoisotopic (exact) mass is 1510 g/mol. The Balaban J connectivity index is 0.000000180. The highest BCUT2D eigenvalue weighted by Gasteiger charge is 2.35. The predicted molar refractivity (Wildman–Crippen MR) is 459 cm³/mol. The molecular weight excluding hydrogens is 1450 g/mol. The molecule has 0 unspecified atom stereocenters. The summed E-state index contributed by atoms with van der Waals surface area (Å²) in [5.74, 6) is 6.85. The number of benzene rings is 14. The fraction of sp³-hybridized carbons (Fsp3) is 0. The third kappa shape index (κ3) is 15.0. The fourth-order valence-electron chi connectivity index (χ4n) is 13.9. The number of aromatic nitrogens is 15. The summed E-state index contributed by atoms with van der Waals surface area (Å²) in [6.45, 7) is 0.